The van der Waals surface area contributed by atoms with Crippen LogP contribution < -0.4 is 9.47 Å². The van der Waals surface area contributed by atoms with E-state index in [-0.39, 0.29) is 0 Å². The second-order valence-electron chi connectivity index (χ2n) is 2.85. The first-order valence-electron chi connectivity index (χ1n) is 4.32. The monoisotopic (exact) mass is 196 g/mol. The van der Waals surface area contributed by atoms with Gasteiger partial charge in [0.1, 0.15) is 0 Å². The quantitative estimate of drug-likeness (QED) is 0.677. The first-order chi connectivity index (χ1) is 6.36. The van der Waals surface area contributed by atoms with Gasteiger partial charge in [0.25, 0.3) is 0 Å². The minimum Gasteiger partial charge on any atom is -0.453 e. The smallest absolute Gasteiger partial charge is 0.231 e. The van der Waals surface area contributed by atoms with E-state index in [1.807, 2.05) is 6.26 Å². The predicted octanol–water partition coefficient (Wildman–Crippen LogP) is 2.70. The van der Waals surface area contributed by atoms with Crippen LogP contribution in [0.5, 0.6) is 11.5 Å². The van der Waals surface area contributed by atoms with Gasteiger partial charge in [-0.3, -0.25) is 0 Å². The van der Waals surface area contributed by atoms with Crippen LogP contribution in [0.25, 0.3) is 0 Å². The van der Waals surface area contributed by atoms with Gasteiger partial charge in [0.05, 0.1) is 4.90 Å². The highest BCUT2D eigenvalue weighted by Crippen LogP contribution is 2.42. The molecule has 2 rings (SSSR count). The molecule has 2 nitrogen and oxygen atoms in total. The Hall–Kier alpha value is -0.830. The maximum absolute atomic E-state index is 5.43. The van der Waals surface area contributed by atoms with Crippen LogP contribution in [0.15, 0.2) is 17.0 Å². The molecule has 0 fully saturated rings. The molecule has 0 amide bonds. The van der Waals surface area contributed by atoms with Crippen LogP contribution in [0, 0.1) is 0 Å². The lowest BCUT2D eigenvalue weighted by atomic mass is 10.1. The molecular weight excluding hydrogens is 184 g/mol. The van der Waals surface area contributed by atoms with Crippen molar-refractivity contribution < 1.29 is 9.47 Å². The molecule has 0 radical (unpaired) electrons. The fraction of sp³-hybridized carbons (Fsp3) is 0.400. The molecule has 0 saturated carbocycles. The summed E-state index contributed by atoms with van der Waals surface area (Å²) in [6.07, 6.45) is 3.03. The summed E-state index contributed by atoms with van der Waals surface area (Å²) in [6.45, 7) is 2.48. The third-order valence-corrected chi connectivity index (χ3v) is 2.93. The Bertz CT molecular complexity index is 292. The molecule has 0 spiro atoms. The SMILES string of the molecule is CCc1ccc(SC)c2c1OCO2. The normalized spacial score (nSPS) is 13.4. The lowest BCUT2D eigenvalue weighted by molar-refractivity contribution is 0.171. The van der Waals surface area contributed by atoms with E-state index >= 15 is 0 Å². The highest BCUT2D eigenvalue weighted by atomic mass is 32.2. The number of benzene rings is 1. The van der Waals surface area contributed by atoms with E-state index in [4.69, 9.17) is 9.47 Å². The van der Waals surface area contributed by atoms with Crippen molar-refractivity contribution in [3.8, 4) is 11.5 Å². The summed E-state index contributed by atoms with van der Waals surface area (Å²) < 4.78 is 10.8. The first kappa shape index (κ1) is 8.75. The number of fused-ring (bicyclic) bond motifs is 1. The van der Waals surface area contributed by atoms with Crippen molar-refractivity contribution in [2.45, 2.75) is 18.2 Å². The number of aryl methyl sites for hydroxylation is 1. The van der Waals surface area contributed by atoms with Crippen molar-refractivity contribution in [2.24, 2.45) is 0 Å². The Morgan fingerprint density at radius 1 is 1.31 bits per heavy atom. The first-order valence-corrected chi connectivity index (χ1v) is 5.54. The molecule has 0 unspecified atom stereocenters. The van der Waals surface area contributed by atoms with E-state index in [9.17, 15) is 0 Å². The van der Waals surface area contributed by atoms with Crippen LogP contribution in [-0.2, 0) is 6.42 Å². The largest absolute Gasteiger partial charge is 0.453 e. The molecule has 3 heteroatoms. The molecule has 0 N–H and O–H groups in total. The van der Waals surface area contributed by atoms with E-state index in [1.165, 1.54) is 5.56 Å². The lowest BCUT2D eigenvalue weighted by Crippen LogP contribution is -1.94. The summed E-state index contributed by atoms with van der Waals surface area (Å²) >= 11 is 1.69. The van der Waals surface area contributed by atoms with Crippen LogP contribution in [0.3, 0.4) is 0 Å². The Morgan fingerprint density at radius 3 is 2.77 bits per heavy atom. The lowest BCUT2D eigenvalue weighted by Gasteiger charge is -2.05. The average molecular weight is 196 g/mol. The molecule has 13 heavy (non-hydrogen) atoms. The average Bonchev–Trinajstić information content (AvgIpc) is 2.64. The third kappa shape index (κ3) is 1.37. The number of ether oxygens (including phenoxy) is 2. The second kappa shape index (κ2) is 3.50. The van der Waals surface area contributed by atoms with Gasteiger partial charge in [-0.05, 0) is 24.3 Å². The standard InChI is InChI=1S/C10H12O2S/c1-3-7-4-5-8(13-2)10-9(7)11-6-12-10/h4-5H,3,6H2,1-2H3. The molecule has 0 aromatic heterocycles. The molecule has 0 aliphatic carbocycles. The van der Waals surface area contributed by atoms with Crippen LogP contribution in [0.4, 0.5) is 0 Å². The zero-order valence-electron chi connectivity index (χ0n) is 7.79. The summed E-state index contributed by atoms with van der Waals surface area (Å²) in [5, 5.41) is 0. The van der Waals surface area contributed by atoms with E-state index in [0.717, 1.165) is 22.8 Å². The van der Waals surface area contributed by atoms with Gasteiger partial charge in [0, 0.05) is 0 Å². The van der Waals surface area contributed by atoms with Gasteiger partial charge in [-0.15, -0.1) is 11.8 Å². The van der Waals surface area contributed by atoms with Crippen LogP contribution in [0.1, 0.15) is 12.5 Å². The summed E-state index contributed by atoms with van der Waals surface area (Å²) in [6, 6.07) is 4.20. The van der Waals surface area contributed by atoms with Crippen molar-refractivity contribution in [3.05, 3.63) is 17.7 Å². The predicted molar refractivity (Wildman–Crippen MR) is 53.7 cm³/mol. The Kier molecular flexibility index (Phi) is 2.36. The molecule has 1 heterocycles. The van der Waals surface area contributed by atoms with Gasteiger partial charge in [-0.2, -0.15) is 0 Å². The summed E-state index contributed by atoms with van der Waals surface area (Å²) in [5.74, 6) is 1.86. The molecule has 0 saturated heterocycles. The number of hydrogen-bond donors (Lipinski definition) is 0. The van der Waals surface area contributed by atoms with E-state index in [1.54, 1.807) is 11.8 Å². The maximum atomic E-state index is 5.43. The van der Waals surface area contributed by atoms with Crippen LogP contribution in [0.2, 0.25) is 0 Å². The van der Waals surface area contributed by atoms with E-state index < -0.39 is 0 Å². The second-order valence-corrected chi connectivity index (χ2v) is 3.69. The summed E-state index contributed by atoms with van der Waals surface area (Å²) in [7, 11) is 0. The van der Waals surface area contributed by atoms with Crippen molar-refractivity contribution >= 4 is 11.8 Å². The van der Waals surface area contributed by atoms with Gasteiger partial charge in [-0.25, -0.2) is 0 Å². The Labute approximate surface area is 82.2 Å². The fourth-order valence-corrected chi connectivity index (χ4v) is 2.01. The van der Waals surface area contributed by atoms with Gasteiger partial charge in [0.15, 0.2) is 11.5 Å². The summed E-state index contributed by atoms with van der Waals surface area (Å²) in [4.78, 5) is 1.16. The zero-order valence-corrected chi connectivity index (χ0v) is 8.61. The number of thioether (sulfide) groups is 1. The van der Waals surface area contributed by atoms with Crippen molar-refractivity contribution in [1.82, 2.24) is 0 Å². The molecule has 0 atom stereocenters. The highest BCUT2D eigenvalue weighted by molar-refractivity contribution is 7.98. The van der Waals surface area contributed by atoms with Gasteiger partial charge < -0.3 is 9.47 Å². The molecule has 1 aromatic rings. The third-order valence-electron chi connectivity index (χ3n) is 2.16. The van der Waals surface area contributed by atoms with Crippen molar-refractivity contribution in [3.63, 3.8) is 0 Å². The minimum atomic E-state index is 0.361. The van der Waals surface area contributed by atoms with Crippen LogP contribution in [-0.4, -0.2) is 13.0 Å². The summed E-state index contributed by atoms with van der Waals surface area (Å²) in [5.41, 5.74) is 1.23. The maximum Gasteiger partial charge on any atom is 0.231 e. The number of rotatable bonds is 2. The topological polar surface area (TPSA) is 18.5 Å². The minimum absolute atomic E-state index is 0.361. The molecular formula is C10H12O2S. The van der Waals surface area contributed by atoms with Crippen molar-refractivity contribution in [2.75, 3.05) is 13.0 Å². The van der Waals surface area contributed by atoms with E-state index in [2.05, 4.69) is 19.1 Å². The van der Waals surface area contributed by atoms with Gasteiger partial charge in [-0.1, -0.05) is 13.0 Å². The highest BCUT2D eigenvalue weighted by Gasteiger charge is 2.20. The molecule has 70 valence electrons. The van der Waals surface area contributed by atoms with Gasteiger partial charge >= 0.3 is 0 Å². The molecule has 1 aliphatic rings. The Morgan fingerprint density at radius 2 is 2.08 bits per heavy atom. The van der Waals surface area contributed by atoms with Crippen LogP contribution >= 0.6 is 11.8 Å². The number of hydrogen-bond acceptors (Lipinski definition) is 3. The molecule has 1 aliphatic heterocycles. The fourth-order valence-electron chi connectivity index (χ4n) is 1.47. The van der Waals surface area contributed by atoms with E-state index in [0.29, 0.717) is 6.79 Å². The molecule has 1 aromatic carbocycles. The van der Waals surface area contributed by atoms with Crippen molar-refractivity contribution in [1.29, 1.82) is 0 Å². The zero-order chi connectivity index (χ0) is 9.26. The van der Waals surface area contributed by atoms with Gasteiger partial charge in [0.2, 0.25) is 6.79 Å². The molecule has 0 bridgehead atoms. The Balaban J connectivity index is 2.52.